The van der Waals surface area contributed by atoms with Crippen molar-refractivity contribution >= 4 is 34.1 Å². The molecule has 0 aliphatic carbocycles. The quantitative estimate of drug-likeness (QED) is 0.521. The van der Waals surface area contributed by atoms with E-state index in [9.17, 15) is 9.59 Å². The Morgan fingerprint density at radius 3 is 2.10 bits per heavy atom. The first-order valence-corrected chi connectivity index (χ1v) is 9.52. The summed E-state index contributed by atoms with van der Waals surface area (Å²) in [7, 11) is 0. The maximum atomic E-state index is 12.8. The lowest BCUT2D eigenvalue weighted by atomic mass is 10.1. The highest BCUT2D eigenvalue weighted by Gasteiger charge is 2.15. The number of aryl methyl sites for hydroxylation is 1. The fourth-order valence-electron chi connectivity index (χ4n) is 3.15. The van der Waals surface area contributed by atoms with Crippen LogP contribution in [0.4, 0.5) is 11.4 Å². The normalized spacial score (nSPS) is 10.6. The fraction of sp³-hybridized carbons (Fsp3) is 0.0833. The van der Waals surface area contributed by atoms with Crippen LogP contribution in [0.5, 0.6) is 0 Å². The molecular formula is C24H20N4O2. The summed E-state index contributed by atoms with van der Waals surface area (Å²) in [6, 6.07) is 19.8. The Bertz CT molecular complexity index is 1260. The van der Waals surface area contributed by atoms with Crippen molar-refractivity contribution in [2.75, 3.05) is 10.6 Å². The standard InChI is InChI=1S/C24H20N4O2/c1-15-7-3-10-18(16(15)2)27-23(29)20-12-5-13-21(26-20)24(30)28-19-11-4-8-17-9-6-14-25-22(17)19/h3-14H,1-2H3,(H,27,29)(H,28,30). The molecule has 0 saturated heterocycles. The van der Waals surface area contributed by atoms with Gasteiger partial charge < -0.3 is 10.6 Å². The van der Waals surface area contributed by atoms with E-state index in [2.05, 4.69) is 20.6 Å². The fourth-order valence-corrected chi connectivity index (χ4v) is 3.15. The predicted octanol–water partition coefficient (Wildman–Crippen LogP) is 4.75. The molecule has 0 aliphatic rings. The zero-order chi connectivity index (χ0) is 21.1. The Morgan fingerprint density at radius 1 is 0.733 bits per heavy atom. The zero-order valence-electron chi connectivity index (χ0n) is 16.6. The summed E-state index contributed by atoms with van der Waals surface area (Å²) in [5.74, 6) is -0.778. The zero-order valence-corrected chi connectivity index (χ0v) is 16.6. The Balaban J connectivity index is 1.56. The summed E-state index contributed by atoms with van der Waals surface area (Å²) in [5, 5.41) is 6.62. The third-order valence-corrected chi connectivity index (χ3v) is 4.95. The maximum Gasteiger partial charge on any atom is 0.274 e. The molecule has 2 amide bonds. The number of aromatic nitrogens is 2. The van der Waals surface area contributed by atoms with E-state index in [0.29, 0.717) is 11.2 Å². The van der Waals surface area contributed by atoms with Crippen LogP contribution in [0.25, 0.3) is 10.9 Å². The number of nitrogens with one attached hydrogen (secondary N) is 2. The smallest absolute Gasteiger partial charge is 0.274 e. The van der Waals surface area contributed by atoms with Crippen molar-refractivity contribution in [2.45, 2.75) is 13.8 Å². The SMILES string of the molecule is Cc1cccc(NC(=O)c2cccc(C(=O)Nc3cccc4cccnc34)n2)c1C. The molecule has 6 nitrogen and oxygen atoms in total. The second-order valence-electron chi connectivity index (χ2n) is 6.94. The van der Waals surface area contributed by atoms with Gasteiger partial charge in [0.1, 0.15) is 11.4 Å². The summed E-state index contributed by atoms with van der Waals surface area (Å²) in [4.78, 5) is 34.0. The van der Waals surface area contributed by atoms with E-state index in [1.807, 2.05) is 56.3 Å². The molecule has 0 saturated carbocycles. The summed E-state index contributed by atoms with van der Waals surface area (Å²) in [6.07, 6.45) is 1.68. The number of pyridine rings is 2. The van der Waals surface area contributed by atoms with E-state index in [-0.39, 0.29) is 17.3 Å². The third kappa shape index (κ3) is 3.89. The Labute approximate surface area is 174 Å². The molecule has 0 fully saturated rings. The molecule has 0 bridgehead atoms. The number of nitrogens with zero attached hydrogens (tertiary/aromatic N) is 2. The largest absolute Gasteiger partial charge is 0.320 e. The first kappa shape index (κ1) is 19.3. The monoisotopic (exact) mass is 396 g/mol. The van der Waals surface area contributed by atoms with Gasteiger partial charge in [-0.25, -0.2) is 4.98 Å². The number of anilines is 2. The highest BCUT2D eigenvalue weighted by atomic mass is 16.2. The van der Waals surface area contributed by atoms with Crippen molar-refractivity contribution in [3.8, 4) is 0 Å². The third-order valence-electron chi connectivity index (χ3n) is 4.95. The molecule has 2 heterocycles. The maximum absolute atomic E-state index is 12.8. The Hall–Kier alpha value is -4.06. The van der Waals surface area contributed by atoms with Gasteiger partial charge in [0.25, 0.3) is 11.8 Å². The van der Waals surface area contributed by atoms with Gasteiger partial charge in [-0.15, -0.1) is 0 Å². The number of fused-ring (bicyclic) bond motifs is 1. The number of carbonyl (C=O) groups is 2. The molecule has 0 unspecified atom stereocenters. The van der Waals surface area contributed by atoms with Crippen LogP contribution in [0.3, 0.4) is 0 Å². The van der Waals surface area contributed by atoms with Crippen LogP contribution >= 0.6 is 0 Å². The molecule has 0 spiro atoms. The minimum atomic E-state index is -0.408. The first-order valence-electron chi connectivity index (χ1n) is 9.52. The lowest BCUT2D eigenvalue weighted by molar-refractivity contribution is 0.101. The topological polar surface area (TPSA) is 84.0 Å². The van der Waals surface area contributed by atoms with Crippen LogP contribution < -0.4 is 10.6 Å². The van der Waals surface area contributed by atoms with Crippen LogP contribution in [-0.2, 0) is 0 Å². The number of hydrogen-bond donors (Lipinski definition) is 2. The Morgan fingerprint density at radius 2 is 1.33 bits per heavy atom. The van der Waals surface area contributed by atoms with Crippen molar-refractivity contribution in [2.24, 2.45) is 0 Å². The van der Waals surface area contributed by atoms with Crippen molar-refractivity contribution < 1.29 is 9.59 Å². The van der Waals surface area contributed by atoms with E-state index in [1.54, 1.807) is 30.5 Å². The summed E-state index contributed by atoms with van der Waals surface area (Å²) >= 11 is 0. The van der Waals surface area contributed by atoms with E-state index >= 15 is 0 Å². The second-order valence-corrected chi connectivity index (χ2v) is 6.94. The minimum Gasteiger partial charge on any atom is -0.320 e. The number of hydrogen-bond acceptors (Lipinski definition) is 4. The molecule has 148 valence electrons. The van der Waals surface area contributed by atoms with Crippen LogP contribution in [0.1, 0.15) is 32.1 Å². The van der Waals surface area contributed by atoms with Gasteiger partial charge in [-0.2, -0.15) is 0 Å². The van der Waals surface area contributed by atoms with Gasteiger partial charge in [-0.1, -0.05) is 36.4 Å². The van der Waals surface area contributed by atoms with Crippen molar-refractivity contribution in [1.29, 1.82) is 0 Å². The average Bonchev–Trinajstić information content (AvgIpc) is 2.77. The van der Waals surface area contributed by atoms with Crippen LogP contribution in [0, 0.1) is 13.8 Å². The van der Waals surface area contributed by atoms with Gasteiger partial charge in [0, 0.05) is 17.3 Å². The number of carbonyl (C=O) groups excluding carboxylic acids is 2. The second kappa shape index (κ2) is 8.13. The van der Waals surface area contributed by atoms with Crippen LogP contribution in [-0.4, -0.2) is 21.8 Å². The van der Waals surface area contributed by atoms with Crippen molar-refractivity contribution in [1.82, 2.24) is 9.97 Å². The minimum absolute atomic E-state index is 0.150. The van der Waals surface area contributed by atoms with Gasteiger partial charge in [0.2, 0.25) is 0 Å². The molecule has 30 heavy (non-hydrogen) atoms. The van der Waals surface area contributed by atoms with Gasteiger partial charge in [0.15, 0.2) is 0 Å². The van der Waals surface area contributed by atoms with Crippen LogP contribution in [0.15, 0.2) is 72.9 Å². The number of para-hydroxylation sites is 1. The van der Waals surface area contributed by atoms with Crippen molar-refractivity contribution in [3.05, 3.63) is 95.4 Å². The molecule has 4 aromatic rings. The summed E-state index contributed by atoms with van der Waals surface area (Å²) in [5.41, 5.74) is 4.39. The summed E-state index contributed by atoms with van der Waals surface area (Å²) in [6.45, 7) is 3.93. The van der Waals surface area contributed by atoms with E-state index < -0.39 is 5.91 Å². The lowest BCUT2D eigenvalue weighted by Gasteiger charge is -2.11. The molecular weight excluding hydrogens is 376 g/mol. The first-order chi connectivity index (χ1) is 14.5. The molecule has 4 rings (SSSR count). The van der Waals surface area contributed by atoms with Crippen molar-refractivity contribution in [3.63, 3.8) is 0 Å². The summed E-state index contributed by atoms with van der Waals surface area (Å²) < 4.78 is 0. The molecule has 2 aromatic heterocycles. The predicted molar refractivity (Wildman–Crippen MR) is 118 cm³/mol. The van der Waals surface area contributed by atoms with Gasteiger partial charge >= 0.3 is 0 Å². The van der Waals surface area contributed by atoms with Gasteiger partial charge in [-0.3, -0.25) is 14.6 Å². The molecule has 2 aromatic carbocycles. The van der Waals surface area contributed by atoms with Gasteiger partial charge in [-0.05, 0) is 55.3 Å². The number of amides is 2. The molecule has 0 atom stereocenters. The van der Waals surface area contributed by atoms with Crippen LogP contribution in [0.2, 0.25) is 0 Å². The van der Waals surface area contributed by atoms with Gasteiger partial charge in [0.05, 0.1) is 11.2 Å². The lowest BCUT2D eigenvalue weighted by Crippen LogP contribution is -2.19. The number of rotatable bonds is 4. The molecule has 6 heteroatoms. The van der Waals surface area contributed by atoms with E-state index in [4.69, 9.17) is 0 Å². The Kier molecular flexibility index (Phi) is 5.22. The highest BCUT2D eigenvalue weighted by Crippen LogP contribution is 2.21. The van der Waals surface area contributed by atoms with E-state index in [0.717, 1.165) is 22.2 Å². The van der Waals surface area contributed by atoms with E-state index in [1.165, 1.54) is 0 Å². The molecule has 2 N–H and O–H groups in total. The average molecular weight is 396 g/mol. The molecule has 0 radical (unpaired) electrons. The highest BCUT2D eigenvalue weighted by molar-refractivity contribution is 6.08. The number of benzene rings is 2. The molecule has 0 aliphatic heterocycles.